The van der Waals surface area contributed by atoms with E-state index in [2.05, 4.69) is 5.32 Å². The fourth-order valence-electron chi connectivity index (χ4n) is 1.56. The molecule has 1 aliphatic rings. The third-order valence-corrected chi connectivity index (χ3v) is 2.54. The fourth-order valence-corrected chi connectivity index (χ4v) is 1.56. The Morgan fingerprint density at radius 3 is 2.67 bits per heavy atom. The van der Waals surface area contributed by atoms with Crippen molar-refractivity contribution in [2.24, 2.45) is 5.92 Å². The molecule has 0 bridgehead atoms. The van der Waals surface area contributed by atoms with Crippen molar-refractivity contribution in [1.82, 2.24) is 0 Å². The van der Waals surface area contributed by atoms with E-state index < -0.39 is 17.8 Å². The van der Waals surface area contributed by atoms with Gasteiger partial charge < -0.3 is 10.4 Å². The average molecular weight is 209 g/mol. The number of para-hydroxylation sites is 1. The summed E-state index contributed by atoms with van der Waals surface area (Å²) in [4.78, 5) is 10.9. The van der Waals surface area contributed by atoms with Crippen LogP contribution in [0.4, 0.5) is 10.1 Å². The summed E-state index contributed by atoms with van der Waals surface area (Å²) < 4.78 is 13.2. The molecule has 1 unspecified atom stereocenters. The molecule has 0 spiro atoms. The van der Waals surface area contributed by atoms with Crippen LogP contribution < -0.4 is 5.32 Å². The van der Waals surface area contributed by atoms with Crippen molar-refractivity contribution in [3.05, 3.63) is 30.1 Å². The number of carboxylic acid groups (broad SMARTS) is 1. The Hall–Kier alpha value is -1.58. The lowest BCUT2D eigenvalue weighted by Gasteiger charge is -2.15. The minimum Gasteiger partial charge on any atom is -0.480 e. The molecule has 0 saturated heterocycles. The molecule has 15 heavy (non-hydrogen) atoms. The zero-order chi connectivity index (χ0) is 10.8. The van der Waals surface area contributed by atoms with E-state index >= 15 is 0 Å². The Bertz CT molecular complexity index is 377. The zero-order valence-corrected chi connectivity index (χ0v) is 8.11. The quantitative estimate of drug-likeness (QED) is 0.798. The number of benzene rings is 1. The number of rotatable bonds is 4. The predicted molar refractivity (Wildman–Crippen MR) is 54.2 cm³/mol. The Labute approximate surface area is 86.9 Å². The third-order valence-electron chi connectivity index (χ3n) is 2.54. The van der Waals surface area contributed by atoms with Crippen LogP contribution in [0.15, 0.2) is 24.3 Å². The Balaban J connectivity index is 2.12. The lowest BCUT2D eigenvalue weighted by Crippen LogP contribution is -2.31. The third kappa shape index (κ3) is 2.26. The van der Waals surface area contributed by atoms with Crippen molar-refractivity contribution in [2.45, 2.75) is 18.9 Å². The van der Waals surface area contributed by atoms with Crippen LogP contribution in [-0.4, -0.2) is 17.1 Å². The highest BCUT2D eigenvalue weighted by Crippen LogP contribution is 2.34. The van der Waals surface area contributed by atoms with Crippen LogP contribution in [-0.2, 0) is 4.79 Å². The lowest BCUT2D eigenvalue weighted by atomic mass is 10.1. The first-order valence-electron chi connectivity index (χ1n) is 4.92. The van der Waals surface area contributed by atoms with Gasteiger partial charge >= 0.3 is 5.97 Å². The fraction of sp³-hybridized carbons (Fsp3) is 0.364. The highest BCUT2D eigenvalue weighted by molar-refractivity contribution is 5.78. The first-order chi connectivity index (χ1) is 7.18. The van der Waals surface area contributed by atoms with Crippen molar-refractivity contribution in [2.75, 3.05) is 5.32 Å². The molecule has 0 amide bonds. The number of halogens is 1. The molecule has 1 aliphatic carbocycles. The van der Waals surface area contributed by atoms with Gasteiger partial charge in [0.2, 0.25) is 0 Å². The van der Waals surface area contributed by atoms with Crippen LogP contribution >= 0.6 is 0 Å². The average Bonchev–Trinajstić information content (AvgIpc) is 2.99. The molecule has 1 fully saturated rings. The first-order valence-corrected chi connectivity index (χ1v) is 4.92. The molecule has 1 atom stereocenters. The van der Waals surface area contributed by atoms with Gasteiger partial charge in [0.15, 0.2) is 0 Å². The molecule has 80 valence electrons. The number of hydrogen-bond donors (Lipinski definition) is 2. The number of carboxylic acids is 1. The van der Waals surface area contributed by atoms with Gasteiger partial charge in [-0.05, 0) is 30.9 Å². The minimum atomic E-state index is -0.916. The molecular weight excluding hydrogens is 197 g/mol. The second-order valence-corrected chi connectivity index (χ2v) is 3.78. The van der Waals surface area contributed by atoms with E-state index in [4.69, 9.17) is 5.11 Å². The molecule has 1 aromatic carbocycles. The van der Waals surface area contributed by atoms with Gasteiger partial charge in [-0.2, -0.15) is 0 Å². The molecule has 0 aliphatic heterocycles. The van der Waals surface area contributed by atoms with Gasteiger partial charge in [0.25, 0.3) is 0 Å². The summed E-state index contributed by atoms with van der Waals surface area (Å²) in [5, 5.41) is 11.7. The molecular formula is C11H12FNO2. The Kier molecular flexibility index (Phi) is 2.58. The number of nitrogens with one attached hydrogen (secondary N) is 1. The van der Waals surface area contributed by atoms with Crippen LogP contribution in [0.2, 0.25) is 0 Å². The van der Waals surface area contributed by atoms with Crippen molar-refractivity contribution < 1.29 is 14.3 Å². The highest BCUT2D eigenvalue weighted by atomic mass is 19.1. The topological polar surface area (TPSA) is 49.3 Å². The summed E-state index contributed by atoms with van der Waals surface area (Å²) >= 11 is 0. The van der Waals surface area contributed by atoms with E-state index in [1.54, 1.807) is 18.2 Å². The van der Waals surface area contributed by atoms with Crippen LogP contribution in [0.5, 0.6) is 0 Å². The van der Waals surface area contributed by atoms with Gasteiger partial charge in [0, 0.05) is 0 Å². The summed E-state index contributed by atoms with van der Waals surface area (Å²) in [7, 11) is 0. The minimum absolute atomic E-state index is 0.141. The smallest absolute Gasteiger partial charge is 0.326 e. The SMILES string of the molecule is O=C(O)C(Nc1ccccc1F)C1CC1. The molecule has 3 nitrogen and oxygen atoms in total. The molecule has 0 heterocycles. The normalized spacial score (nSPS) is 17.1. The van der Waals surface area contributed by atoms with Crippen molar-refractivity contribution in [1.29, 1.82) is 0 Å². The van der Waals surface area contributed by atoms with Gasteiger partial charge in [-0.25, -0.2) is 9.18 Å². The largest absolute Gasteiger partial charge is 0.480 e. The molecule has 1 saturated carbocycles. The second-order valence-electron chi connectivity index (χ2n) is 3.78. The molecule has 4 heteroatoms. The number of hydrogen-bond acceptors (Lipinski definition) is 2. The van der Waals surface area contributed by atoms with Gasteiger partial charge in [0.05, 0.1) is 5.69 Å². The first kappa shape index (κ1) is 9.96. The molecule has 0 aromatic heterocycles. The van der Waals surface area contributed by atoms with Crippen LogP contribution in [0.3, 0.4) is 0 Å². The number of aliphatic carboxylic acids is 1. The maximum atomic E-state index is 13.2. The van der Waals surface area contributed by atoms with E-state index in [1.807, 2.05) is 0 Å². The van der Waals surface area contributed by atoms with E-state index in [0.717, 1.165) is 12.8 Å². The van der Waals surface area contributed by atoms with Crippen LogP contribution in [0.1, 0.15) is 12.8 Å². The van der Waals surface area contributed by atoms with Gasteiger partial charge in [-0.3, -0.25) is 0 Å². The van der Waals surface area contributed by atoms with Gasteiger partial charge in [-0.1, -0.05) is 12.1 Å². The van der Waals surface area contributed by atoms with Gasteiger partial charge in [-0.15, -0.1) is 0 Å². The maximum absolute atomic E-state index is 13.2. The van der Waals surface area contributed by atoms with Crippen molar-refractivity contribution in [3.63, 3.8) is 0 Å². The van der Waals surface area contributed by atoms with Crippen LogP contribution in [0, 0.1) is 11.7 Å². The standard InChI is InChI=1S/C11H12FNO2/c12-8-3-1-2-4-9(8)13-10(11(14)15)7-5-6-7/h1-4,7,10,13H,5-6H2,(H,14,15). The predicted octanol–water partition coefficient (Wildman–Crippen LogP) is 2.10. The maximum Gasteiger partial charge on any atom is 0.326 e. The van der Waals surface area contributed by atoms with Crippen molar-refractivity contribution in [3.8, 4) is 0 Å². The number of anilines is 1. The Morgan fingerprint density at radius 1 is 1.47 bits per heavy atom. The van der Waals surface area contributed by atoms with Crippen LogP contribution in [0.25, 0.3) is 0 Å². The van der Waals surface area contributed by atoms with E-state index in [0.29, 0.717) is 0 Å². The van der Waals surface area contributed by atoms with E-state index in [9.17, 15) is 9.18 Å². The van der Waals surface area contributed by atoms with E-state index in [1.165, 1.54) is 6.07 Å². The summed E-state index contributed by atoms with van der Waals surface area (Å²) in [6, 6.07) is 5.45. The summed E-state index contributed by atoms with van der Waals surface area (Å²) in [5.41, 5.74) is 0.261. The highest BCUT2D eigenvalue weighted by Gasteiger charge is 2.36. The summed E-state index contributed by atoms with van der Waals surface area (Å²) in [5.74, 6) is -1.19. The van der Waals surface area contributed by atoms with Gasteiger partial charge in [0.1, 0.15) is 11.9 Å². The van der Waals surface area contributed by atoms with E-state index in [-0.39, 0.29) is 11.6 Å². The molecule has 2 N–H and O–H groups in total. The monoisotopic (exact) mass is 209 g/mol. The summed E-state index contributed by atoms with van der Waals surface area (Å²) in [6.07, 6.45) is 1.80. The van der Waals surface area contributed by atoms with Crippen molar-refractivity contribution >= 4 is 11.7 Å². The second kappa shape index (κ2) is 3.88. The molecule has 2 rings (SSSR count). The zero-order valence-electron chi connectivity index (χ0n) is 8.11. The Morgan fingerprint density at radius 2 is 2.13 bits per heavy atom. The lowest BCUT2D eigenvalue weighted by molar-refractivity contribution is -0.138. The number of carbonyl (C=O) groups is 1. The molecule has 0 radical (unpaired) electrons. The molecule has 1 aromatic rings. The summed E-state index contributed by atoms with van der Waals surface area (Å²) in [6.45, 7) is 0.